The Hall–Kier alpha value is -1.84. The molecule has 1 aromatic carbocycles. The van der Waals surface area contributed by atoms with Crippen LogP contribution in [0.5, 0.6) is 0 Å². The van der Waals surface area contributed by atoms with Gasteiger partial charge in [0.15, 0.2) is 0 Å². The third kappa shape index (κ3) is 2.49. The molecule has 4 heterocycles. The third-order valence-electron chi connectivity index (χ3n) is 6.39. The summed E-state index contributed by atoms with van der Waals surface area (Å²) in [6, 6.07) is 12.2. The first-order valence-electron chi connectivity index (χ1n) is 9.56. The molecule has 0 saturated carbocycles. The second kappa shape index (κ2) is 6.11. The molecule has 2 aliphatic rings. The lowest BCUT2D eigenvalue weighted by molar-refractivity contribution is 0.222. The van der Waals surface area contributed by atoms with Crippen molar-refractivity contribution in [2.24, 2.45) is 0 Å². The summed E-state index contributed by atoms with van der Waals surface area (Å²) < 4.78 is 2.58. The molecular weight excluding hydrogens is 342 g/mol. The van der Waals surface area contributed by atoms with Crippen molar-refractivity contribution in [1.29, 1.82) is 0 Å². The monoisotopic (exact) mass is 365 g/mol. The lowest BCUT2D eigenvalue weighted by Gasteiger charge is -2.32. The maximum atomic E-state index is 5.93. The molecule has 2 bridgehead atoms. The van der Waals surface area contributed by atoms with Gasteiger partial charge < -0.3 is 4.57 Å². The van der Waals surface area contributed by atoms with Gasteiger partial charge in [0.1, 0.15) is 5.15 Å². The molecular formula is C22H24ClN3. The molecule has 2 atom stereocenters. The Morgan fingerprint density at radius 2 is 2.08 bits per heavy atom. The van der Waals surface area contributed by atoms with Gasteiger partial charge in [-0.1, -0.05) is 29.3 Å². The van der Waals surface area contributed by atoms with Crippen molar-refractivity contribution in [2.75, 3.05) is 7.05 Å². The summed E-state index contributed by atoms with van der Waals surface area (Å²) in [4.78, 5) is 6.84. The van der Waals surface area contributed by atoms with Crippen molar-refractivity contribution in [3.8, 4) is 0 Å². The molecule has 0 unspecified atom stereocenters. The highest BCUT2D eigenvalue weighted by Crippen LogP contribution is 2.46. The minimum Gasteiger partial charge on any atom is -0.344 e. The van der Waals surface area contributed by atoms with E-state index in [0.29, 0.717) is 17.2 Å². The van der Waals surface area contributed by atoms with Gasteiger partial charge in [-0.2, -0.15) is 0 Å². The zero-order chi connectivity index (χ0) is 17.8. The van der Waals surface area contributed by atoms with Crippen LogP contribution in [0.15, 0.2) is 36.5 Å². The Morgan fingerprint density at radius 3 is 2.88 bits per heavy atom. The summed E-state index contributed by atoms with van der Waals surface area (Å²) in [5.41, 5.74) is 7.14. The molecule has 5 rings (SSSR count). The number of pyridine rings is 1. The van der Waals surface area contributed by atoms with Crippen LogP contribution in [0.3, 0.4) is 0 Å². The number of fused-ring (bicyclic) bond motifs is 6. The van der Waals surface area contributed by atoms with E-state index in [2.05, 4.69) is 52.7 Å². The smallest absolute Gasteiger partial charge is 0.129 e. The van der Waals surface area contributed by atoms with Crippen molar-refractivity contribution in [3.63, 3.8) is 0 Å². The van der Waals surface area contributed by atoms with Crippen molar-refractivity contribution >= 4 is 22.5 Å². The average molecular weight is 366 g/mol. The van der Waals surface area contributed by atoms with E-state index < -0.39 is 0 Å². The Kier molecular flexibility index (Phi) is 3.84. The molecule has 26 heavy (non-hydrogen) atoms. The van der Waals surface area contributed by atoms with Crippen molar-refractivity contribution in [1.82, 2.24) is 14.5 Å². The van der Waals surface area contributed by atoms with E-state index in [4.69, 9.17) is 11.6 Å². The van der Waals surface area contributed by atoms with Crippen LogP contribution in [0.1, 0.15) is 41.3 Å². The van der Waals surface area contributed by atoms with Gasteiger partial charge in [-0.25, -0.2) is 4.98 Å². The predicted molar refractivity (Wildman–Crippen MR) is 107 cm³/mol. The Morgan fingerprint density at radius 1 is 1.19 bits per heavy atom. The molecule has 1 fully saturated rings. The summed E-state index contributed by atoms with van der Waals surface area (Å²) in [6.07, 6.45) is 6.68. The van der Waals surface area contributed by atoms with E-state index in [9.17, 15) is 0 Å². The molecule has 134 valence electrons. The highest BCUT2D eigenvalue weighted by molar-refractivity contribution is 6.29. The normalized spacial score (nSPS) is 22.1. The molecule has 0 spiro atoms. The highest BCUT2D eigenvalue weighted by Gasteiger charge is 2.40. The van der Waals surface area contributed by atoms with Crippen LogP contribution in [0.4, 0.5) is 0 Å². The second-order valence-electron chi connectivity index (χ2n) is 7.89. The zero-order valence-corrected chi connectivity index (χ0v) is 16.1. The summed E-state index contributed by atoms with van der Waals surface area (Å²) in [6.45, 7) is 3.20. The van der Waals surface area contributed by atoms with E-state index in [1.807, 2.05) is 12.3 Å². The van der Waals surface area contributed by atoms with E-state index in [0.717, 1.165) is 13.0 Å². The molecule has 3 nitrogen and oxygen atoms in total. The Bertz CT molecular complexity index is 973. The molecule has 0 amide bonds. The minimum absolute atomic E-state index is 0.563. The SMILES string of the molecule is Cc1ccc2c(c1)c1c(n2CCc2ccc(Cl)nc2)C[C@@H]2CC[C@H]1N2C. The number of likely N-dealkylation sites (N-methyl/N-ethyl adjacent to an activating group) is 1. The number of aromatic nitrogens is 2. The standard InChI is InChI=1S/C22H24ClN3/c1-14-3-6-18-17(11-14)22-19-7-5-16(25(19)2)12-20(22)26(18)10-9-15-4-8-21(23)24-13-15/h3-4,6,8,11,13,16,19H,5,7,9-10,12H2,1-2H3/t16-,19+/m0/s1. The number of hydrogen-bond acceptors (Lipinski definition) is 2. The first kappa shape index (κ1) is 16.3. The highest BCUT2D eigenvalue weighted by atomic mass is 35.5. The summed E-state index contributed by atoms with van der Waals surface area (Å²) in [5, 5.41) is 2.03. The van der Waals surface area contributed by atoms with Crippen LogP contribution in [-0.2, 0) is 19.4 Å². The molecule has 4 heteroatoms. The number of benzene rings is 1. The second-order valence-corrected chi connectivity index (χ2v) is 8.28. The van der Waals surface area contributed by atoms with Crippen molar-refractivity contribution in [2.45, 2.75) is 51.2 Å². The molecule has 1 saturated heterocycles. The van der Waals surface area contributed by atoms with E-state index >= 15 is 0 Å². The Labute approximate surface area is 159 Å². The lowest BCUT2D eigenvalue weighted by atomic mass is 9.97. The minimum atomic E-state index is 0.563. The zero-order valence-electron chi connectivity index (χ0n) is 15.4. The molecule has 3 aromatic rings. The maximum absolute atomic E-state index is 5.93. The lowest BCUT2D eigenvalue weighted by Crippen LogP contribution is -2.34. The van der Waals surface area contributed by atoms with Gasteiger partial charge in [0.05, 0.1) is 0 Å². The van der Waals surface area contributed by atoms with E-state index in [1.54, 1.807) is 11.3 Å². The number of rotatable bonds is 3. The quantitative estimate of drug-likeness (QED) is 0.613. The number of aryl methyl sites for hydroxylation is 3. The van der Waals surface area contributed by atoms with E-state index in [-0.39, 0.29) is 0 Å². The fraction of sp³-hybridized carbons (Fsp3) is 0.409. The molecule has 0 radical (unpaired) electrons. The van der Waals surface area contributed by atoms with Crippen LogP contribution < -0.4 is 0 Å². The van der Waals surface area contributed by atoms with Crippen LogP contribution in [0.2, 0.25) is 5.15 Å². The van der Waals surface area contributed by atoms with Gasteiger partial charge in [-0.15, -0.1) is 0 Å². The Balaban J connectivity index is 1.59. The van der Waals surface area contributed by atoms with Crippen molar-refractivity contribution in [3.05, 3.63) is 64.1 Å². The third-order valence-corrected chi connectivity index (χ3v) is 6.61. The largest absolute Gasteiger partial charge is 0.344 e. The maximum Gasteiger partial charge on any atom is 0.129 e. The van der Waals surface area contributed by atoms with Gasteiger partial charge in [0, 0.05) is 47.8 Å². The van der Waals surface area contributed by atoms with Gasteiger partial charge in [0.25, 0.3) is 0 Å². The van der Waals surface area contributed by atoms with Gasteiger partial charge in [-0.3, -0.25) is 4.90 Å². The summed E-state index contributed by atoms with van der Waals surface area (Å²) in [5.74, 6) is 0. The number of halogens is 1. The fourth-order valence-corrected chi connectivity index (χ4v) is 5.13. The molecule has 0 aliphatic carbocycles. The van der Waals surface area contributed by atoms with Crippen LogP contribution in [0, 0.1) is 6.92 Å². The topological polar surface area (TPSA) is 21.1 Å². The van der Waals surface area contributed by atoms with Gasteiger partial charge in [-0.05, 0) is 62.6 Å². The molecule has 0 N–H and O–H groups in total. The average Bonchev–Trinajstić information content (AvgIpc) is 3.04. The van der Waals surface area contributed by atoms with Crippen LogP contribution in [0.25, 0.3) is 10.9 Å². The number of hydrogen-bond donors (Lipinski definition) is 0. The fourth-order valence-electron chi connectivity index (χ4n) is 5.02. The van der Waals surface area contributed by atoms with Gasteiger partial charge in [0.2, 0.25) is 0 Å². The summed E-state index contributed by atoms with van der Waals surface area (Å²) >= 11 is 5.93. The van der Waals surface area contributed by atoms with Gasteiger partial charge >= 0.3 is 0 Å². The van der Waals surface area contributed by atoms with E-state index in [1.165, 1.54) is 41.3 Å². The molecule has 2 aromatic heterocycles. The molecule has 2 aliphatic heterocycles. The summed E-state index contributed by atoms with van der Waals surface area (Å²) in [7, 11) is 2.31. The van der Waals surface area contributed by atoms with Crippen LogP contribution >= 0.6 is 11.6 Å². The first-order valence-corrected chi connectivity index (χ1v) is 9.93. The predicted octanol–water partition coefficient (Wildman–Crippen LogP) is 4.93. The van der Waals surface area contributed by atoms with Crippen molar-refractivity contribution < 1.29 is 0 Å². The van der Waals surface area contributed by atoms with Crippen LogP contribution in [-0.4, -0.2) is 27.5 Å². The first-order chi connectivity index (χ1) is 12.6. The number of nitrogens with zero attached hydrogens (tertiary/aromatic N) is 3.